The van der Waals surface area contributed by atoms with Gasteiger partial charge >= 0.3 is 0 Å². The molecule has 0 fully saturated rings. The molecule has 56 heavy (non-hydrogen) atoms. The summed E-state index contributed by atoms with van der Waals surface area (Å²) in [4.78, 5) is 9.79. The van der Waals surface area contributed by atoms with Crippen molar-refractivity contribution in [2.24, 2.45) is 0 Å². The highest BCUT2D eigenvalue weighted by molar-refractivity contribution is 6.17. The van der Waals surface area contributed by atoms with Crippen LogP contribution in [0.5, 0.6) is 0 Å². The van der Waals surface area contributed by atoms with Crippen LogP contribution in [0.25, 0.3) is 83.1 Å². The molecule has 3 aromatic heterocycles. The minimum atomic E-state index is 0.00652. The Balaban J connectivity index is 1.46. The van der Waals surface area contributed by atoms with Gasteiger partial charge in [0.25, 0.3) is 0 Å². The fourth-order valence-corrected chi connectivity index (χ4v) is 7.62. The number of hydrogen-bond donors (Lipinski definition) is 0. The van der Waals surface area contributed by atoms with Crippen LogP contribution in [0.1, 0.15) is 33.4 Å². The monoisotopic (exact) mass is 713 g/mol. The van der Waals surface area contributed by atoms with Gasteiger partial charge in [-0.2, -0.15) is 31.6 Å². The number of para-hydroxylation sites is 3. The van der Waals surface area contributed by atoms with Gasteiger partial charge in [0.15, 0.2) is 0 Å². The Morgan fingerprint density at radius 3 is 1.46 bits per heavy atom. The summed E-state index contributed by atoms with van der Waals surface area (Å²) in [5.74, 6) is 0.393. The van der Waals surface area contributed by atoms with E-state index in [1.54, 1.807) is 18.5 Å². The lowest BCUT2D eigenvalue weighted by Crippen LogP contribution is -2.03. The molecule has 10 nitrogen and oxygen atoms in total. The molecule has 0 aliphatic carbocycles. The van der Waals surface area contributed by atoms with Crippen LogP contribution in [0.2, 0.25) is 0 Å². The average molecular weight is 714 g/mol. The van der Waals surface area contributed by atoms with E-state index in [0.29, 0.717) is 39.2 Å². The number of hydrogen-bond acceptors (Lipinski definition) is 9. The maximum atomic E-state index is 10.6. The second kappa shape index (κ2) is 12.9. The normalized spacial score (nSPS) is 10.8. The van der Waals surface area contributed by atoms with Gasteiger partial charge in [-0.15, -0.1) is 0 Å². The van der Waals surface area contributed by atoms with Crippen LogP contribution in [0, 0.1) is 68.0 Å². The first-order valence-corrected chi connectivity index (χ1v) is 17.1. The van der Waals surface area contributed by atoms with Gasteiger partial charge in [0.05, 0.1) is 80.8 Å². The highest BCUT2D eigenvalue weighted by atomic mass is 16.3. The van der Waals surface area contributed by atoms with Gasteiger partial charge in [-0.3, -0.25) is 4.57 Å². The Morgan fingerprint density at radius 2 is 0.946 bits per heavy atom. The number of fused-ring (bicyclic) bond motifs is 6. The van der Waals surface area contributed by atoms with Crippen molar-refractivity contribution in [1.29, 1.82) is 31.6 Å². The Hall–Kier alpha value is -9.06. The van der Waals surface area contributed by atoms with Crippen molar-refractivity contribution >= 4 is 43.7 Å². The second-order valence-electron chi connectivity index (χ2n) is 12.9. The molecule has 9 rings (SSSR count). The molecule has 0 atom stereocenters. The quantitative estimate of drug-likeness (QED) is 0.171. The average Bonchev–Trinajstić information content (AvgIpc) is 3.80. The molecule has 9 aromatic rings. The summed E-state index contributed by atoms with van der Waals surface area (Å²) in [5.41, 5.74) is 4.80. The minimum absolute atomic E-state index is 0.00652. The molecule has 0 aliphatic heterocycles. The van der Waals surface area contributed by atoms with Gasteiger partial charge in [-0.1, -0.05) is 54.6 Å². The molecular formula is C46H19N9O. The van der Waals surface area contributed by atoms with Crippen LogP contribution >= 0.6 is 0 Å². The predicted octanol–water partition coefficient (Wildman–Crippen LogP) is 9.70. The summed E-state index contributed by atoms with van der Waals surface area (Å²) in [6, 6.07) is 43.4. The van der Waals surface area contributed by atoms with E-state index < -0.39 is 0 Å². The third-order valence-electron chi connectivity index (χ3n) is 9.91. The minimum Gasteiger partial charge on any atom is -0.455 e. The third kappa shape index (κ3) is 4.84. The molecule has 254 valence electrons. The Morgan fingerprint density at radius 1 is 0.464 bits per heavy atom. The lowest BCUT2D eigenvalue weighted by molar-refractivity contribution is 0.670. The smallest absolute Gasteiger partial charge is 0.234 e. The fourth-order valence-electron chi connectivity index (χ4n) is 7.62. The molecule has 0 aliphatic rings. The number of aromatic nitrogens is 3. The SMILES string of the molecule is N#Cc1cc(C#N)c(-c2cc3c(oc4ccccc43)c(-c3cnc(-n4c5ccccc5c5ccccc54)nc3)c2-c2c(C#N)cc(C#N)cc2C#N)c(C#N)c1. The molecule has 0 spiro atoms. The zero-order chi connectivity index (χ0) is 38.5. The summed E-state index contributed by atoms with van der Waals surface area (Å²) < 4.78 is 8.57. The first kappa shape index (κ1) is 32.8. The first-order chi connectivity index (χ1) is 27.5. The molecule has 10 heteroatoms. The maximum Gasteiger partial charge on any atom is 0.234 e. The predicted molar refractivity (Wildman–Crippen MR) is 208 cm³/mol. The van der Waals surface area contributed by atoms with E-state index in [4.69, 9.17) is 14.4 Å². The lowest BCUT2D eigenvalue weighted by atomic mass is 9.80. The molecule has 0 radical (unpaired) electrons. The van der Waals surface area contributed by atoms with E-state index in [1.807, 2.05) is 89.5 Å². The van der Waals surface area contributed by atoms with Crippen molar-refractivity contribution in [2.75, 3.05) is 0 Å². The van der Waals surface area contributed by atoms with Crippen LogP contribution in [-0.4, -0.2) is 14.5 Å². The van der Waals surface area contributed by atoms with Crippen molar-refractivity contribution in [3.63, 3.8) is 0 Å². The summed E-state index contributed by atoms with van der Waals surface area (Å²) in [6.07, 6.45) is 3.27. The Bertz CT molecular complexity index is 3320. The summed E-state index contributed by atoms with van der Waals surface area (Å²) in [7, 11) is 0. The van der Waals surface area contributed by atoms with Crippen LogP contribution in [0.3, 0.4) is 0 Å². The molecule has 0 saturated heterocycles. The fraction of sp³-hybridized carbons (Fsp3) is 0. The number of nitriles is 6. The van der Waals surface area contributed by atoms with Gasteiger partial charge in [-0.05, 0) is 54.1 Å². The maximum absolute atomic E-state index is 10.6. The molecule has 0 unspecified atom stereocenters. The summed E-state index contributed by atoms with van der Waals surface area (Å²) in [6.45, 7) is 0. The van der Waals surface area contributed by atoms with E-state index in [-0.39, 0.29) is 50.1 Å². The Labute approximate surface area is 318 Å². The zero-order valence-corrected chi connectivity index (χ0v) is 28.9. The van der Waals surface area contributed by atoms with Crippen molar-refractivity contribution in [2.45, 2.75) is 0 Å². The van der Waals surface area contributed by atoms with Crippen molar-refractivity contribution in [3.05, 3.63) is 149 Å². The van der Waals surface area contributed by atoms with E-state index in [1.165, 1.54) is 24.3 Å². The van der Waals surface area contributed by atoms with Crippen LogP contribution in [0.4, 0.5) is 0 Å². The highest BCUT2D eigenvalue weighted by Gasteiger charge is 2.29. The highest BCUT2D eigenvalue weighted by Crippen LogP contribution is 2.50. The number of nitrogens with zero attached hydrogens (tertiary/aromatic N) is 9. The molecule has 0 bridgehead atoms. The molecule has 0 amide bonds. The van der Waals surface area contributed by atoms with E-state index >= 15 is 0 Å². The zero-order valence-electron chi connectivity index (χ0n) is 28.9. The number of rotatable bonds is 4. The molecule has 6 aromatic carbocycles. The van der Waals surface area contributed by atoms with E-state index in [2.05, 4.69) is 24.3 Å². The van der Waals surface area contributed by atoms with Crippen molar-refractivity contribution in [3.8, 4) is 75.7 Å². The lowest BCUT2D eigenvalue weighted by Gasteiger charge is -2.20. The van der Waals surface area contributed by atoms with Crippen molar-refractivity contribution < 1.29 is 4.42 Å². The van der Waals surface area contributed by atoms with E-state index in [0.717, 1.165) is 27.2 Å². The Kier molecular flexibility index (Phi) is 7.54. The van der Waals surface area contributed by atoms with Crippen LogP contribution in [-0.2, 0) is 0 Å². The number of furan rings is 1. The van der Waals surface area contributed by atoms with Crippen LogP contribution < -0.4 is 0 Å². The molecule has 0 saturated carbocycles. The topological polar surface area (TPSA) is 187 Å². The van der Waals surface area contributed by atoms with Gasteiger partial charge < -0.3 is 4.42 Å². The first-order valence-electron chi connectivity index (χ1n) is 17.1. The van der Waals surface area contributed by atoms with Gasteiger partial charge in [0.1, 0.15) is 11.2 Å². The molecule has 3 heterocycles. The standard InChI is InChI=1S/C46H19N9O/c47-18-26-13-28(20-49)41(29(14-26)21-50)37-17-36-35-9-3-6-12-40(35)56-45(36)43(44(37)42-30(22-51)15-27(19-48)16-31(42)23-52)32-24-53-46(54-25-32)55-38-10-4-1-7-33(38)34-8-2-5-11-39(34)55/h1-17,24-25H. The third-order valence-corrected chi connectivity index (χ3v) is 9.91. The summed E-state index contributed by atoms with van der Waals surface area (Å²) >= 11 is 0. The second-order valence-corrected chi connectivity index (χ2v) is 12.9. The largest absolute Gasteiger partial charge is 0.455 e. The van der Waals surface area contributed by atoms with Crippen LogP contribution in [0.15, 0.2) is 120 Å². The summed E-state index contributed by atoms with van der Waals surface area (Å²) in [5, 5.41) is 65.3. The molecule has 0 N–H and O–H groups in total. The number of benzene rings is 6. The van der Waals surface area contributed by atoms with E-state index in [9.17, 15) is 31.6 Å². The van der Waals surface area contributed by atoms with Gasteiger partial charge in [0.2, 0.25) is 5.95 Å². The molecular weight excluding hydrogens is 695 g/mol. The van der Waals surface area contributed by atoms with Gasteiger partial charge in [-0.25, -0.2) is 9.97 Å². The van der Waals surface area contributed by atoms with Gasteiger partial charge in [0, 0.05) is 61.8 Å². The van der Waals surface area contributed by atoms with Crippen molar-refractivity contribution in [1.82, 2.24) is 14.5 Å².